The van der Waals surface area contributed by atoms with Gasteiger partial charge in [0.1, 0.15) is 4.99 Å². The predicted molar refractivity (Wildman–Crippen MR) is 84.1 cm³/mol. The minimum absolute atomic E-state index is 0.202. The van der Waals surface area contributed by atoms with Crippen LogP contribution in [0.2, 0.25) is 0 Å². The molecule has 1 aliphatic rings. The average Bonchev–Trinajstić information content (AvgIpc) is 2.92. The van der Waals surface area contributed by atoms with Crippen LogP contribution in [-0.4, -0.2) is 20.0 Å². The quantitative estimate of drug-likeness (QED) is 0.790. The molecule has 6 heteroatoms. The number of rotatable bonds is 6. The first-order valence-electron chi connectivity index (χ1n) is 6.88. The molecule has 0 amide bonds. The summed E-state index contributed by atoms with van der Waals surface area (Å²) in [6.07, 6.45) is 5.90. The SMILES string of the molecule is NC(=S)c1cccc(S(=O)(=O)NCCC2CCCC2)c1. The molecule has 4 nitrogen and oxygen atoms in total. The Bertz CT molecular complexity index is 579. The number of sulfonamides is 1. The standard InChI is InChI=1S/C14H20N2O2S2/c15-14(19)12-6-3-7-13(10-12)20(17,18)16-9-8-11-4-1-2-5-11/h3,6-7,10-11,16H,1-2,4-5,8-9H2,(H2,15,19). The summed E-state index contributed by atoms with van der Waals surface area (Å²) in [6.45, 7) is 0.490. The molecule has 2 rings (SSSR count). The molecule has 0 aliphatic heterocycles. The highest BCUT2D eigenvalue weighted by molar-refractivity contribution is 7.89. The minimum Gasteiger partial charge on any atom is -0.389 e. The second kappa shape index (κ2) is 6.65. The maximum Gasteiger partial charge on any atom is 0.240 e. The van der Waals surface area contributed by atoms with Gasteiger partial charge in [-0.25, -0.2) is 13.1 Å². The summed E-state index contributed by atoms with van der Waals surface area (Å²) < 4.78 is 27.0. The van der Waals surface area contributed by atoms with Crippen LogP contribution in [-0.2, 0) is 10.0 Å². The zero-order valence-corrected chi connectivity index (χ0v) is 13.0. The van der Waals surface area contributed by atoms with Gasteiger partial charge in [-0.15, -0.1) is 0 Å². The fourth-order valence-electron chi connectivity index (χ4n) is 2.60. The first-order chi connectivity index (χ1) is 9.49. The van der Waals surface area contributed by atoms with Gasteiger partial charge in [-0.1, -0.05) is 50.0 Å². The van der Waals surface area contributed by atoms with Crippen molar-refractivity contribution in [3.8, 4) is 0 Å². The number of hydrogen-bond donors (Lipinski definition) is 2. The Morgan fingerprint density at radius 3 is 2.70 bits per heavy atom. The van der Waals surface area contributed by atoms with Crippen LogP contribution in [0.4, 0.5) is 0 Å². The maximum atomic E-state index is 12.2. The van der Waals surface area contributed by atoms with Crippen molar-refractivity contribution in [1.82, 2.24) is 4.72 Å². The van der Waals surface area contributed by atoms with Gasteiger partial charge in [0.2, 0.25) is 10.0 Å². The van der Waals surface area contributed by atoms with Gasteiger partial charge >= 0.3 is 0 Å². The van der Waals surface area contributed by atoms with E-state index >= 15 is 0 Å². The first-order valence-corrected chi connectivity index (χ1v) is 8.78. The second-order valence-electron chi connectivity index (χ2n) is 5.23. The van der Waals surface area contributed by atoms with Crippen LogP contribution in [0.1, 0.15) is 37.7 Å². The molecule has 1 aliphatic carbocycles. The summed E-state index contributed by atoms with van der Waals surface area (Å²) in [5.74, 6) is 0.667. The molecule has 1 fully saturated rings. The molecule has 1 saturated carbocycles. The maximum absolute atomic E-state index is 12.2. The Labute approximate surface area is 125 Å². The van der Waals surface area contributed by atoms with Crippen molar-refractivity contribution in [2.45, 2.75) is 37.0 Å². The Morgan fingerprint density at radius 1 is 1.35 bits per heavy atom. The van der Waals surface area contributed by atoms with Crippen LogP contribution >= 0.6 is 12.2 Å². The first kappa shape index (κ1) is 15.4. The Kier molecular flexibility index (Phi) is 5.12. The topological polar surface area (TPSA) is 72.2 Å². The van der Waals surface area contributed by atoms with E-state index in [0.29, 0.717) is 18.0 Å². The second-order valence-corrected chi connectivity index (χ2v) is 7.44. The molecule has 1 aromatic rings. The van der Waals surface area contributed by atoms with Crippen LogP contribution in [0.15, 0.2) is 29.2 Å². The molecule has 0 aromatic heterocycles. The van der Waals surface area contributed by atoms with E-state index in [9.17, 15) is 8.42 Å². The molecule has 0 heterocycles. The number of hydrogen-bond acceptors (Lipinski definition) is 3. The summed E-state index contributed by atoms with van der Waals surface area (Å²) >= 11 is 4.87. The molecule has 0 unspecified atom stereocenters. The van der Waals surface area contributed by atoms with Crippen LogP contribution < -0.4 is 10.5 Å². The van der Waals surface area contributed by atoms with E-state index in [0.717, 1.165) is 6.42 Å². The Hall–Kier alpha value is -0.980. The summed E-state index contributed by atoms with van der Waals surface area (Å²) in [5.41, 5.74) is 6.09. The number of benzene rings is 1. The fraction of sp³-hybridized carbons (Fsp3) is 0.500. The van der Waals surface area contributed by atoms with E-state index in [1.54, 1.807) is 18.2 Å². The van der Waals surface area contributed by atoms with Crippen molar-refractivity contribution >= 4 is 27.2 Å². The van der Waals surface area contributed by atoms with Gasteiger partial charge in [0, 0.05) is 12.1 Å². The number of nitrogens with one attached hydrogen (secondary N) is 1. The van der Waals surface area contributed by atoms with E-state index in [2.05, 4.69) is 4.72 Å². The normalized spacial score (nSPS) is 16.4. The third kappa shape index (κ3) is 4.01. The van der Waals surface area contributed by atoms with Gasteiger partial charge in [-0.05, 0) is 24.5 Å². The zero-order valence-electron chi connectivity index (χ0n) is 11.3. The number of thiocarbonyl (C=S) groups is 1. The molecule has 3 N–H and O–H groups in total. The lowest BCUT2D eigenvalue weighted by Crippen LogP contribution is -2.26. The largest absolute Gasteiger partial charge is 0.389 e. The average molecular weight is 312 g/mol. The third-order valence-corrected chi connectivity index (χ3v) is 5.44. The Balaban J connectivity index is 1.98. The molecular formula is C14H20N2O2S2. The van der Waals surface area contributed by atoms with E-state index < -0.39 is 10.0 Å². The highest BCUT2D eigenvalue weighted by Gasteiger charge is 2.18. The van der Waals surface area contributed by atoms with E-state index in [1.807, 2.05) is 0 Å². The van der Waals surface area contributed by atoms with Crippen LogP contribution in [0.3, 0.4) is 0 Å². The molecule has 110 valence electrons. The predicted octanol–water partition coefficient (Wildman–Crippen LogP) is 2.18. The van der Waals surface area contributed by atoms with Crippen molar-refractivity contribution in [3.63, 3.8) is 0 Å². The monoisotopic (exact) mass is 312 g/mol. The van der Waals surface area contributed by atoms with E-state index in [1.165, 1.54) is 31.7 Å². The lowest BCUT2D eigenvalue weighted by molar-refractivity contribution is 0.495. The minimum atomic E-state index is -3.47. The summed E-state index contributed by atoms with van der Waals surface area (Å²) in [5, 5.41) is 0. The summed E-state index contributed by atoms with van der Waals surface area (Å²) in [6, 6.07) is 6.43. The van der Waals surface area contributed by atoms with Gasteiger partial charge < -0.3 is 5.73 Å². The van der Waals surface area contributed by atoms with Crippen molar-refractivity contribution in [2.75, 3.05) is 6.54 Å². The van der Waals surface area contributed by atoms with Crippen molar-refractivity contribution < 1.29 is 8.42 Å². The van der Waals surface area contributed by atoms with Crippen LogP contribution in [0.25, 0.3) is 0 Å². The molecule has 0 saturated heterocycles. The fourth-order valence-corrected chi connectivity index (χ4v) is 3.82. The van der Waals surface area contributed by atoms with Crippen molar-refractivity contribution in [2.24, 2.45) is 11.7 Å². The molecule has 0 atom stereocenters. The lowest BCUT2D eigenvalue weighted by atomic mass is 10.1. The lowest BCUT2D eigenvalue weighted by Gasteiger charge is -2.11. The zero-order chi connectivity index (χ0) is 14.6. The molecule has 1 aromatic carbocycles. The van der Waals surface area contributed by atoms with Crippen molar-refractivity contribution in [1.29, 1.82) is 0 Å². The van der Waals surface area contributed by atoms with Crippen molar-refractivity contribution in [3.05, 3.63) is 29.8 Å². The molecule has 20 heavy (non-hydrogen) atoms. The van der Waals surface area contributed by atoms with Gasteiger partial charge in [0.25, 0.3) is 0 Å². The molecule has 0 radical (unpaired) electrons. The smallest absolute Gasteiger partial charge is 0.240 e. The molecular weight excluding hydrogens is 292 g/mol. The molecule has 0 spiro atoms. The molecule has 0 bridgehead atoms. The highest BCUT2D eigenvalue weighted by atomic mass is 32.2. The van der Waals surface area contributed by atoms with Crippen LogP contribution in [0.5, 0.6) is 0 Å². The van der Waals surface area contributed by atoms with Gasteiger partial charge in [0.15, 0.2) is 0 Å². The number of nitrogens with two attached hydrogens (primary N) is 1. The summed E-state index contributed by atoms with van der Waals surface area (Å²) in [7, 11) is -3.47. The van der Waals surface area contributed by atoms with Gasteiger partial charge in [-0.3, -0.25) is 0 Å². The van der Waals surface area contributed by atoms with Gasteiger partial charge in [0.05, 0.1) is 4.90 Å². The van der Waals surface area contributed by atoms with E-state index in [-0.39, 0.29) is 9.88 Å². The third-order valence-electron chi connectivity index (χ3n) is 3.75. The van der Waals surface area contributed by atoms with E-state index in [4.69, 9.17) is 18.0 Å². The summed E-state index contributed by atoms with van der Waals surface area (Å²) in [4.78, 5) is 0.419. The van der Waals surface area contributed by atoms with Gasteiger partial charge in [-0.2, -0.15) is 0 Å². The Morgan fingerprint density at radius 2 is 2.05 bits per heavy atom. The highest BCUT2D eigenvalue weighted by Crippen LogP contribution is 2.27. The van der Waals surface area contributed by atoms with Crippen LogP contribution in [0, 0.1) is 5.92 Å².